The van der Waals surface area contributed by atoms with E-state index < -0.39 is 10.0 Å². The number of likely N-dealkylation sites (tertiary alicyclic amines) is 1. The summed E-state index contributed by atoms with van der Waals surface area (Å²) < 4.78 is 29.6. The molecule has 1 aliphatic heterocycles. The van der Waals surface area contributed by atoms with Gasteiger partial charge in [-0.15, -0.1) is 0 Å². The van der Waals surface area contributed by atoms with Gasteiger partial charge in [0, 0.05) is 37.7 Å². The van der Waals surface area contributed by atoms with E-state index in [1.807, 2.05) is 19.3 Å². The second kappa shape index (κ2) is 9.77. The highest BCUT2D eigenvalue weighted by Gasteiger charge is 2.30. The Balaban J connectivity index is 1.37. The molecule has 0 spiro atoms. The Kier molecular flexibility index (Phi) is 7.02. The molecule has 7 nitrogen and oxygen atoms in total. The third-order valence-corrected chi connectivity index (χ3v) is 8.86. The van der Waals surface area contributed by atoms with E-state index in [0.717, 1.165) is 45.1 Å². The molecule has 1 aromatic carbocycles. The van der Waals surface area contributed by atoms with E-state index in [4.69, 9.17) is 0 Å². The molecule has 1 atom stereocenters. The second-order valence-corrected chi connectivity index (χ2v) is 11.1. The van der Waals surface area contributed by atoms with Gasteiger partial charge in [-0.25, -0.2) is 8.42 Å². The van der Waals surface area contributed by atoms with Gasteiger partial charge >= 0.3 is 0 Å². The summed E-state index contributed by atoms with van der Waals surface area (Å²) in [6.07, 6.45) is 9.34. The number of amides is 1. The van der Waals surface area contributed by atoms with Crippen molar-refractivity contribution in [2.75, 3.05) is 25.5 Å². The van der Waals surface area contributed by atoms with Crippen LogP contribution in [0.5, 0.6) is 0 Å². The minimum absolute atomic E-state index is 0.0748. The lowest BCUT2D eigenvalue weighted by atomic mass is 9.96. The van der Waals surface area contributed by atoms with Crippen LogP contribution in [-0.2, 0) is 21.9 Å². The number of nitrogens with zero attached hydrogens (tertiary/aromatic N) is 3. The van der Waals surface area contributed by atoms with Crippen LogP contribution in [0.25, 0.3) is 0 Å². The van der Waals surface area contributed by atoms with E-state index in [1.54, 1.807) is 31.3 Å². The van der Waals surface area contributed by atoms with Gasteiger partial charge in [0.1, 0.15) is 0 Å². The van der Waals surface area contributed by atoms with E-state index in [9.17, 15) is 13.2 Å². The van der Waals surface area contributed by atoms with Crippen LogP contribution in [0.4, 0.5) is 5.69 Å². The molecule has 8 heteroatoms. The maximum absolute atomic E-state index is 13.0. The van der Waals surface area contributed by atoms with Crippen LogP contribution in [0.1, 0.15) is 56.7 Å². The third kappa shape index (κ3) is 4.92. The standard InChI is InChI=1S/C24H34N4O3S/c1-26-16-6-10-22(26)23-11-7-17-28(23)18-24(29)25-19-12-14-21(15-13-19)32(30,31)27(2)20-8-4-3-5-9-20/h6,10,12-16,20,23H,3-5,7-9,11,17-18H2,1-2H3,(H,25,29)/t23-/m0/s1. The molecule has 2 aliphatic rings. The summed E-state index contributed by atoms with van der Waals surface area (Å²) in [7, 11) is 0.187. The Labute approximate surface area is 191 Å². The van der Waals surface area contributed by atoms with Gasteiger partial charge < -0.3 is 9.88 Å². The van der Waals surface area contributed by atoms with Crippen molar-refractivity contribution in [1.29, 1.82) is 0 Å². The van der Waals surface area contributed by atoms with Crippen LogP contribution in [-0.4, -0.2) is 54.3 Å². The molecule has 0 bridgehead atoms. The second-order valence-electron chi connectivity index (χ2n) is 9.06. The van der Waals surface area contributed by atoms with Crippen LogP contribution in [0.3, 0.4) is 0 Å². The van der Waals surface area contributed by atoms with Gasteiger partial charge in [0.05, 0.1) is 17.5 Å². The first-order valence-corrected chi connectivity index (χ1v) is 13.0. The molecule has 1 aromatic heterocycles. The molecule has 1 saturated carbocycles. The van der Waals surface area contributed by atoms with Crippen LogP contribution in [0.15, 0.2) is 47.5 Å². The number of rotatable bonds is 7. The van der Waals surface area contributed by atoms with Crippen molar-refractivity contribution in [3.05, 3.63) is 48.3 Å². The van der Waals surface area contributed by atoms with Crippen LogP contribution in [0.2, 0.25) is 0 Å². The molecule has 2 aromatic rings. The van der Waals surface area contributed by atoms with E-state index in [0.29, 0.717) is 12.2 Å². The fraction of sp³-hybridized carbons (Fsp3) is 0.542. The first-order chi connectivity index (χ1) is 15.4. The fourth-order valence-corrected chi connectivity index (χ4v) is 6.49. The molecular formula is C24H34N4O3S. The lowest BCUT2D eigenvalue weighted by molar-refractivity contribution is -0.117. The normalized spacial score (nSPS) is 20.7. The Bertz CT molecular complexity index is 1030. The molecule has 2 heterocycles. The zero-order chi connectivity index (χ0) is 22.7. The molecule has 0 unspecified atom stereocenters. The predicted molar refractivity (Wildman–Crippen MR) is 126 cm³/mol. The molecule has 4 rings (SSSR count). The van der Waals surface area contributed by atoms with Crippen molar-refractivity contribution in [2.24, 2.45) is 7.05 Å². The minimum atomic E-state index is -3.53. The first-order valence-electron chi connectivity index (χ1n) is 11.6. The molecule has 1 aliphatic carbocycles. The van der Waals surface area contributed by atoms with Gasteiger partial charge in [0.2, 0.25) is 15.9 Å². The van der Waals surface area contributed by atoms with Gasteiger partial charge in [0.15, 0.2) is 0 Å². The lowest BCUT2D eigenvalue weighted by Gasteiger charge is -2.30. The van der Waals surface area contributed by atoms with Gasteiger partial charge in [-0.3, -0.25) is 9.69 Å². The number of hydrogen-bond donors (Lipinski definition) is 1. The highest BCUT2D eigenvalue weighted by atomic mass is 32.2. The molecule has 1 amide bonds. The van der Waals surface area contributed by atoms with E-state index >= 15 is 0 Å². The van der Waals surface area contributed by atoms with Crippen LogP contribution >= 0.6 is 0 Å². The van der Waals surface area contributed by atoms with E-state index in [2.05, 4.69) is 20.9 Å². The van der Waals surface area contributed by atoms with Crippen molar-refractivity contribution < 1.29 is 13.2 Å². The van der Waals surface area contributed by atoms with Crippen molar-refractivity contribution in [3.8, 4) is 0 Å². The third-order valence-electron chi connectivity index (χ3n) is 6.94. The molecule has 1 N–H and O–H groups in total. The zero-order valence-corrected chi connectivity index (χ0v) is 19.9. The summed E-state index contributed by atoms with van der Waals surface area (Å²) in [5.74, 6) is -0.0824. The molecule has 174 valence electrons. The molecular weight excluding hydrogens is 424 g/mol. The summed E-state index contributed by atoms with van der Waals surface area (Å²) in [5.41, 5.74) is 1.84. The molecule has 1 saturated heterocycles. The number of aromatic nitrogens is 1. The highest BCUT2D eigenvalue weighted by Crippen LogP contribution is 2.31. The lowest BCUT2D eigenvalue weighted by Crippen LogP contribution is -2.38. The van der Waals surface area contributed by atoms with Gasteiger partial charge in [-0.2, -0.15) is 4.31 Å². The largest absolute Gasteiger partial charge is 0.353 e. The number of anilines is 1. The topological polar surface area (TPSA) is 74.7 Å². The van der Waals surface area contributed by atoms with E-state index in [1.165, 1.54) is 16.4 Å². The predicted octanol–water partition coefficient (Wildman–Crippen LogP) is 3.75. The molecule has 2 fully saturated rings. The summed E-state index contributed by atoms with van der Waals surface area (Å²) >= 11 is 0. The summed E-state index contributed by atoms with van der Waals surface area (Å²) in [6.45, 7) is 1.22. The Morgan fingerprint density at radius 1 is 1.06 bits per heavy atom. The average molecular weight is 459 g/mol. The van der Waals surface area contributed by atoms with Gasteiger partial charge in [-0.1, -0.05) is 19.3 Å². The Morgan fingerprint density at radius 2 is 1.78 bits per heavy atom. The quantitative estimate of drug-likeness (QED) is 0.686. The number of aryl methyl sites for hydroxylation is 1. The number of hydrogen-bond acceptors (Lipinski definition) is 4. The van der Waals surface area contributed by atoms with Gasteiger partial charge in [-0.05, 0) is 68.6 Å². The van der Waals surface area contributed by atoms with E-state index in [-0.39, 0.29) is 22.9 Å². The Morgan fingerprint density at radius 3 is 2.44 bits per heavy atom. The summed E-state index contributed by atoms with van der Waals surface area (Å²) in [5, 5.41) is 2.92. The maximum atomic E-state index is 13.0. The smallest absolute Gasteiger partial charge is 0.243 e. The van der Waals surface area contributed by atoms with Crippen LogP contribution < -0.4 is 5.32 Å². The number of carbonyl (C=O) groups excluding carboxylic acids is 1. The number of nitrogens with one attached hydrogen (secondary N) is 1. The monoisotopic (exact) mass is 458 g/mol. The maximum Gasteiger partial charge on any atom is 0.243 e. The van der Waals surface area contributed by atoms with Gasteiger partial charge in [0.25, 0.3) is 0 Å². The molecule has 32 heavy (non-hydrogen) atoms. The molecule has 0 radical (unpaired) electrons. The Hall–Kier alpha value is -2.16. The number of carbonyl (C=O) groups is 1. The van der Waals surface area contributed by atoms with Crippen molar-refractivity contribution in [2.45, 2.75) is 61.9 Å². The SMILES string of the molecule is CN(C1CCCCC1)S(=O)(=O)c1ccc(NC(=O)CN2CCC[C@H]2c2cccn2C)cc1. The average Bonchev–Trinajstić information content (AvgIpc) is 3.42. The highest BCUT2D eigenvalue weighted by molar-refractivity contribution is 7.89. The summed E-state index contributed by atoms with van der Waals surface area (Å²) in [4.78, 5) is 15.2. The fourth-order valence-electron chi connectivity index (χ4n) is 5.07. The van der Waals surface area contributed by atoms with Crippen molar-refractivity contribution in [3.63, 3.8) is 0 Å². The van der Waals surface area contributed by atoms with Crippen LogP contribution in [0, 0.1) is 0 Å². The van der Waals surface area contributed by atoms with Crippen molar-refractivity contribution >= 4 is 21.6 Å². The first kappa shape index (κ1) is 23.0. The number of benzene rings is 1. The minimum Gasteiger partial charge on any atom is -0.353 e. The number of sulfonamides is 1. The summed E-state index contributed by atoms with van der Waals surface area (Å²) in [6, 6.07) is 11.0. The zero-order valence-electron chi connectivity index (χ0n) is 19.0. The van der Waals surface area contributed by atoms with Crippen molar-refractivity contribution in [1.82, 2.24) is 13.8 Å².